The van der Waals surface area contributed by atoms with E-state index in [-0.39, 0.29) is 0 Å². The highest BCUT2D eigenvalue weighted by Gasteiger charge is 2.13. The van der Waals surface area contributed by atoms with Gasteiger partial charge in [-0.25, -0.2) is 0 Å². The van der Waals surface area contributed by atoms with E-state index in [1.807, 2.05) is 24.3 Å². The van der Waals surface area contributed by atoms with Crippen LogP contribution in [0.3, 0.4) is 0 Å². The molecule has 1 heterocycles. The summed E-state index contributed by atoms with van der Waals surface area (Å²) in [5.74, 6) is -0.571. The van der Waals surface area contributed by atoms with Gasteiger partial charge >= 0.3 is 10.2 Å². The van der Waals surface area contributed by atoms with Gasteiger partial charge in [-0.3, -0.25) is 0 Å². The van der Waals surface area contributed by atoms with Crippen LogP contribution in [0.4, 0.5) is 3.89 Å². The van der Waals surface area contributed by atoms with Gasteiger partial charge in [-0.05, 0) is 17.5 Å². The molecule has 15 heavy (non-hydrogen) atoms. The molecule has 0 aliphatic rings. The number of aryl methyl sites for hydroxylation is 1. The lowest BCUT2D eigenvalue weighted by Gasteiger charge is -2.00. The lowest BCUT2D eigenvalue weighted by atomic mass is 10.2. The Balaban J connectivity index is 2.58. The van der Waals surface area contributed by atoms with E-state index in [9.17, 15) is 12.3 Å². The van der Waals surface area contributed by atoms with Gasteiger partial charge in [0.1, 0.15) is 5.75 Å². The molecule has 1 aromatic carbocycles. The molecule has 2 aromatic rings. The van der Waals surface area contributed by atoms with Crippen molar-refractivity contribution in [3.05, 3.63) is 36.0 Å². The van der Waals surface area contributed by atoms with Crippen LogP contribution in [-0.2, 0) is 23.0 Å². The highest BCUT2D eigenvalue weighted by molar-refractivity contribution is 7.85. The van der Waals surface area contributed by atoms with E-state index in [0.29, 0.717) is 5.69 Å². The second-order valence-electron chi connectivity index (χ2n) is 3.44. The fourth-order valence-corrected chi connectivity index (χ4v) is 2.29. The monoisotopic (exact) mass is 227 g/mol. The van der Waals surface area contributed by atoms with Crippen LogP contribution in [-0.4, -0.2) is 13.0 Å². The Morgan fingerprint density at radius 3 is 2.60 bits per heavy atom. The lowest BCUT2D eigenvalue weighted by Crippen LogP contribution is -2.02. The Bertz CT molecular complexity index is 601. The summed E-state index contributed by atoms with van der Waals surface area (Å²) in [6, 6.07) is 9.13. The maximum Gasteiger partial charge on any atom is 0.308 e. The van der Waals surface area contributed by atoms with Crippen molar-refractivity contribution in [1.29, 1.82) is 0 Å². The predicted molar refractivity (Wildman–Crippen MR) is 56.7 cm³/mol. The molecule has 0 fully saturated rings. The van der Waals surface area contributed by atoms with E-state index in [2.05, 4.69) is 0 Å². The van der Waals surface area contributed by atoms with Gasteiger partial charge in [0.15, 0.2) is 0 Å². The van der Waals surface area contributed by atoms with Gasteiger partial charge in [-0.2, -0.15) is 8.42 Å². The molecule has 0 aliphatic heterocycles. The Labute approximate surface area is 87.3 Å². The molecule has 0 radical (unpaired) electrons. The second-order valence-corrected chi connectivity index (χ2v) is 4.80. The first-order chi connectivity index (χ1) is 6.97. The van der Waals surface area contributed by atoms with Crippen molar-refractivity contribution in [1.82, 2.24) is 4.57 Å². The molecule has 0 unspecified atom stereocenters. The number of benzene rings is 1. The van der Waals surface area contributed by atoms with Crippen molar-refractivity contribution in [2.75, 3.05) is 0 Å². The smallest absolute Gasteiger partial charge is 0.308 e. The van der Waals surface area contributed by atoms with Gasteiger partial charge < -0.3 is 4.57 Å². The second kappa shape index (κ2) is 3.34. The zero-order valence-electron chi connectivity index (χ0n) is 8.14. The zero-order valence-corrected chi connectivity index (χ0v) is 8.96. The molecule has 0 atom stereocenters. The van der Waals surface area contributed by atoms with Gasteiger partial charge in [0.2, 0.25) is 0 Å². The van der Waals surface area contributed by atoms with Crippen molar-refractivity contribution in [2.45, 2.75) is 5.75 Å². The normalized spacial score (nSPS) is 12.1. The molecule has 0 bridgehead atoms. The number of halogens is 1. The number of nitrogens with zero attached hydrogens (tertiary/aromatic N) is 1. The Hall–Kier alpha value is -1.36. The molecule has 0 saturated heterocycles. The minimum absolute atomic E-state index is 0.457. The molecule has 0 spiro atoms. The summed E-state index contributed by atoms with van der Waals surface area (Å²) in [6.45, 7) is 0. The first-order valence-electron chi connectivity index (χ1n) is 4.43. The van der Waals surface area contributed by atoms with E-state index in [1.54, 1.807) is 17.7 Å². The fourth-order valence-electron chi connectivity index (χ4n) is 1.66. The van der Waals surface area contributed by atoms with E-state index >= 15 is 0 Å². The minimum atomic E-state index is -4.47. The zero-order chi connectivity index (χ0) is 11.1. The number of aromatic nitrogens is 1. The van der Waals surface area contributed by atoms with Crippen LogP contribution in [0.25, 0.3) is 10.9 Å². The number of rotatable bonds is 2. The van der Waals surface area contributed by atoms with Crippen molar-refractivity contribution in [3.8, 4) is 0 Å². The summed E-state index contributed by atoms with van der Waals surface area (Å²) >= 11 is 0. The quantitative estimate of drug-likeness (QED) is 0.736. The molecule has 0 amide bonds. The van der Waals surface area contributed by atoms with Gasteiger partial charge in [0, 0.05) is 18.3 Å². The number of fused-ring (bicyclic) bond motifs is 1. The average molecular weight is 227 g/mol. The Morgan fingerprint density at radius 2 is 2.00 bits per heavy atom. The first kappa shape index (κ1) is 10.2. The van der Waals surface area contributed by atoms with Gasteiger partial charge in [0.25, 0.3) is 0 Å². The van der Waals surface area contributed by atoms with Crippen LogP contribution < -0.4 is 0 Å². The molecule has 3 nitrogen and oxygen atoms in total. The molecule has 1 aromatic heterocycles. The average Bonchev–Trinajstić information content (AvgIpc) is 2.42. The van der Waals surface area contributed by atoms with Crippen LogP contribution in [0, 0.1) is 0 Å². The van der Waals surface area contributed by atoms with Crippen LogP contribution in [0.1, 0.15) is 5.69 Å². The maximum absolute atomic E-state index is 12.5. The first-order valence-corrected chi connectivity index (χ1v) is 5.98. The fraction of sp³-hybridized carbons (Fsp3) is 0.200. The van der Waals surface area contributed by atoms with Crippen LogP contribution in [0.15, 0.2) is 30.3 Å². The highest BCUT2D eigenvalue weighted by Crippen LogP contribution is 2.20. The van der Waals surface area contributed by atoms with Crippen molar-refractivity contribution >= 4 is 21.1 Å². The van der Waals surface area contributed by atoms with E-state index in [4.69, 9.17) is 0 Å². The van der Waals surface area contributed by atoms with Crippen molar-refractivity contribution in [3.63, 3.8) is 0 Å². The molecule has 0 N–H and O–H groups in total. The lowest BCUT2D eigenvalue weighted by molar-refractivity contribution is 0.549. The van der Waals surface area contributed by atoms with E-state index < -0.39 is 16.0 Å². The number of para-hydroxylation sites is 1. The molecule has 80 valence electrons. The molecule has 0 saturated carbocycles. The molecular formula is C10H10FNO2S. The van der Waals surface area contributed by atoms with Crippen molar-refractivity contribution < 1.29 is 12.3 Å². The summed E-state index contributed by atoms with van der Waals surface area (Å²) in [6.07, 6.45) is 0. The van der Waals surface area contributed by atoms with E-state index in [1.165, 1.54) is 0 Å². The number of hydrogen-bond donors (Lipinski definition) is 0. The Morgan fingerprint density at radius 1 is 1.33 bits per heavy atom. The summed E-state index contributed by atoms with van der Waals surface area (Å²) in [5, 5.41) is 0.915. The summed E-state index contributed by atoms with van der Waals surface area (Å²) < 4.78 is 35.3. The van der Waals surface area contributed by atoms with Crippen molar-refractivity contribution in [2.24, 2.45) is 7.05 Å². The predicted octanol–water partition coefficient (Wildman–Crippen LogP) is 1.98. The molecular weight excluding hydrogens is 217 g/mol. The minimum Gasteiger partial charge on any atom is -0.347 e. The molecule has 2 rings (SSSR count). The molecule has 0 aliphatic carbocycles. The van der Waals surface area contributed by atoms with Crippen LogP contribution in [0.2, 0.25) is 0 Å². The molecule has 5 heteroatoms. The topological polar surface area (TPSA) is 39.1 Å². The van der Waals surface area contributed by atoms with Crippen LogP contribution >= 0.6 is 0 Å². The Kier molecular flexibility index (Phi) is 2.26. The largest absolute Gasteiger partial charge is 0.347 e. The summed E-state index contributed by atoms with van der Waals surface area (Å²) in [7, 11) is -2.74. The SMILES string of the molecule is Cn1c(CS(=O)(=O)F)cc2ccccc21. The van der Waals surface area contributed by atoms with Gasteiger partial charge in [-0.1, -0.05) is 18.2 Å². The summed E-state index contributed by atoms with van der Waals surface area (Å²) in [5.41, 5.74) is 1.36. The highest BCUT2D eigenvalue weighted by atomic mass is 32.3. The third kappa shape index (κ3) is 2.02. The van der Waals surface area contributed by atoms with Crippen LogP contribution in [0.5, 0.6) is 0 Å². The van der Waals surface area contributed by atoms with Gasteiger partial charge in [0.05, 0.1) is 0 Å². The third-order valence-electron chi connectivity index (χ3n) is 2.37. The summed E-state index contributed by atoms with van der Waals surface area (Å²) in [4.78, 5) is 0. The van der Waals surface area contributed by atoms with E-state index in [0.717, 1.165) is 10.9 Å². The third-order valence-corrected chi connectivity index (χ3v) is 3.01. The standard InChI is InChI=1S/C10H10FNO2S/c1-12-9(7-15(11,13)14)6-8-4-2-3-5-10(8)12/h2-6H,7H2,1H3. The number of hydrogen-bond acceptors (Lipinski definition) is 2. The van der Waals surface area contributed by atoms with Gasteiger partial charge in [-0.15, -0.1) is 3.89 Å². The maximum atomic E-state index is 12.5.